The Morgan fingerprint density at radius 3 is 2.72 bits per heavy atom. The maximum atomic E-state index is 5.05. The van der Waals surface area contributed by atoms with E-state index in [0.29, 0.717) is 0 Å². The molecule has 2 unspecified atom stereocenters. The van der Waals surface area contributed by atoms with Crippen LogP contribution < -0.4 is 0 Å². The van der Waals surface area contributed by atoms with Crippen LogP contribution >= 0.6 is 0 Å². The molecular weight excluding hydrogens is 240 g/mol. The lowest BCUT2D eigenvalue weighted by molar-refractivity contribution is 0.197. The fourth-order valence-electron chi connectivity index (χ4n) is 2.90. The third-order valence-corrected chi connectivity index (χ3v) is 4.68. The van der Waals surface area contributed by atoms with Crippen LogP contribution in [-0.2, 0) is 4.84 Å². The summed E-state index contributed by atoms with van der Waals surface area (Å²) in [6.45, 7) is 10.4. The summed E-state index contributed by atoms with van der Waals surface area (Å²) in [5.41, 5.74) is 4.62. The van der Waals surface area contributed by atoms with Crippen LogP contribution in [-0.4, -0.2) is 45.4 Å². The van der Waals surface area contributed by atoms with Crippen LogP contribution in [0.4, 0.5) is 0 Å². The molecule has 0 N–H and O–H groups in total. The standard InChI is InChI=1S/C14H24N2OSi/c1-17-15-13(6-11-18(2,3)4)14-7-5-9-16(12-14)10-8-14/h5,7-10,12H2,1-4H3. The molecule has 0 aromatic rings. The van der Waals surface area contributed by atoms with Gasteiger partial charge in [-0.3, -0.25) is 0 Å². The van der Waals surface area contributed by atoms with Gasteiger partial charge < -0.3 is 9.74 Å². The maximum Gasteiger partial charge on any atom is 0.136 e. The van der Waals surface area contributed by atoms with Crippen molar-refractivity contribution in [3.63, 3.8) is 0 Å². The highest BCUT2D eigenvalue weighted by molar-refractivity contribution is 6.84. The molecule has 2 atom stereocenters. The van der Waals surface area contributed by atoms with E-state index < -0.39 is 8.07 Å². The van der Waals surface area contributed by atoms with Crippen LogP contribution in [0.25, 0.3) is 0 Å². The molecule has 2 aliphatic heterocycles. The monoisotopic (exact) mass is 264 g/mol. The molecule has 100 valence electrons. The third-order valence-electron chi connectivity index (χ3n) is 3.80. The van der Waals surface area contributed by atoms with Crippen molar-refractivity contribution in [2.45, 2.75) is 38.9 Å². The van der Waals surface area contributed by atoms with Gasteiger partial charge in [0, 0.05) is 12.0 Å². The fourth-order valence-corrected chi connectivity index (χ4v) is 3.39. The summed E-state index contributed by atoms with van der Waals surface area (Å²) in [5.74, 6) is 3.36. The van der Waals surface area contributed by atoms with Crippen LogP contribution in [0, 0.1) is 16.9 Å². The van der Waals surface area contributed by atoms with Crippen molar-refractivity contribution in [1.29, 1.82) is 0 Å². The second kappa shape index (κ2) is 5.06. The number of hydrogen-bond donors (Lipinski definition) is 0. The van der Waals surface area contributed by atoms with E-state index in [0.717, 1.165) is 12.3 Å². The van der Waals surface area contributed by atoms with E-state index in [2.05, 4.69) is 41.2 Å². The number of oxime groups is 1. The predicted molar refractivity (Wildman–Crippen MR) is 78.3 cm³/mol. The van der Waals surface area contributed by atoms with Gasteiger partial charge in [0.15, 0.2) is 0 Å². The maximum absolute atomic E-state index is 5.05. The van der Waals surface area contributed by atoms with Crippen LogP contribution in [0.2, 0.25) is 19.6 Å². The van der Waals surface area contributed by atoms with Gasteiger partial charge in [0.25, 0.3) is 0 Å². The van der Waals surface area contributed by atoms with Gasteiger partial charge in [-0.15, -0.1) is 5.54 Å². The summed E-state index contributed by atoms with van der Waals surface area (Å²) in [4.78, 5) is 7.58. The highest BCUT2D eigenvalue weighted by Gasteiger charge is 2.44. The molecule has 2 bridgehead atoms. The number of nitrogens with zero attached hydrogens (tertiary/aromatic N) is 2. The Labute approximate surface area is 112 Å². The summed E-state index contributed by atoms with van der Waals surface area (Å²) in [5, 5.41) is 4.26. The molecule has 2 fully saturated rings. The zero-order chi connectivity index (χ0) is 13.2. The Bertz CT molecular complexity index is 398. The minimum absolute atomic E-state index is 0.181. The molecule has 2 aliphatic rings. The molecule has 4 heteroatoms. The summed E-state index contributed by atoms with van der Waals surface area (Å²) in [7, 11) is 0.272. The molecule has 2 heterocycles. The van der Waals surface area contributed by atoms with Gasteiger partial charge in [-0.1, -0.05) is 30.7 Å². The molecule has 0 aromatic heterocycles. The molecule has 3 nitrogen and oxygen atoms in total. The molecule has 0 saturated carbocycles. The van der Waals surface area contributed by atoms with Crippen molar-refractivity contribution in [3.8, 4) is 11.5 Å². The first kappa shape index (κ1) is 13.6. The van der Waals surface area contributed by atoms with Crippen molar-refractivity contribution in [2.24, 2.45) is 10.6 Å². The number of rotatable bonds is 2. The second-order valence-electron chi connectivity index (χ2n) is 6.53. The Hall–Kier alpha value is -0.793. The lowest BCUT2D eigenvalue weighted by Crippen LogP contribution is -2.39. The first-order valence-corrected chi connectivity index (χ1v) is 10.3. The number of hydrogen-bond acceptors (Lipinski definition) is 3. The van der Waals surface area contributed by atoms with Gasteiger partial charge in [-0.2, -0.15) is 0 Å². The summed E-state index contributed by atoms with van der Waals surface area (Å²) < 4.78 is 0. The zero-order valence-corrected chi connectivity index (χ0v) is 13.0. The topological polar surface area (TPSA) is 24.8 Å². The minimum atomic E-state index is -1.36. The van der Waals surface area contributed by atoms with Crippen molar-refractivity contribution in [2.75, 3.05) is 26.7 Å². The lowest BCUT2D eigenvalue weighted by Gasteiger charge is -2.32. The number of fused-ring (bicyclic) bond motifs is 2. The number of piperidine rings is 1. The molecular formula is C14H24N2OSi. The van der Waals surface area contributed by atoms with Crippen molar-refractivity contribution in [1.82, 2.24) is 4.90 Å². The summed E-state index contributed by atoms with van der Waals surface area (Å²) in [6.07, 6.45) is 3.67. The molecule has 0 radical (unpaired) electrons. The Kier molecular flexibility index (Phi) is 3.84. The first-order valence-electron chi connectivity index (χ1n) is 6.82. The quantitative estimate of drug-likeness (QED) is 0.331. The SMILES string of the molecule is CON=C(C#C[Si](C)(C)C)C12CCCN(CC1)C2. The van der Waals surface area contributed by atoms with Gasteiger partial charge in [0.1, 0.15) is 20.9 Å². The van der Waals surface area contributed by atoms with Gasteiger partial charge >= 0.3 is 0 Å². The van der Waals surface area contributed by atoms with Gasteiger partial charge in [0.2, 0.25) is 0 Å². The van der Waals surface area contributed by atoms with Crippen molar-refractivity contribution in [3.05, 3.63) is 0 Å². The molecule has 0 aromatic carbocycles. The van der Waals surface area contributed by atoms with Gasteiger partial charge in [-0.25, -0.2) is 0 Å². The zero-order valence-electron chi connectivity index (χ0n) is 12.0. The van der Waals surface area contributed by atoms with Crippen LogP contribution in [0.3, 0.4) is 0 Å². The average Bonchev–Trinajstić information content (AvgIpc) is 2.60. The Morgan fingerprint density at radius 2 is 2.06 bits per heavy atom. The van der Waals surface area contributed by atoms with Gasteiger partial charge in [-0.05, 0) is 32.4 Å². The Morgan fingerprint density at radius 1 is 1.28 bits per heavy atom. The molecule has 0 spiro atoms. The van der Waals surface area contributed by atoms with Crippen molar-refractivity contribution < 1.29 is 4.84 Å². The van der Waals surface area contributed by atoms with Crippen molar-refractivity contribution >= 4 is 13.8 Å². The molecule has 0 aliphatic carbocycles. The highest BCUT2D eigenvalue weighted by Crippen LogP contribution is 2.40. The van der Waals surface area contributed by atoms with Crippen LogP contribution in [0.5, 0.6) is 0 Å². The highest BCUT2D eigenvalue weighted by atomic mass is 28.3. The minimum Gasteiger partial charge on any atom is -0.398 e. The van der Waals surface area contributed by atoms with Crippen LogP contribution in [0.15, 0.2) is 5.16 Å². The fraction of sp³-hybridized carbons (Fsp3) is 0.786. The first-order chi connectivity index (χ1) is 8.45. The van der Waals surface area contributed by atoms with E-state index in [9.17, 15) is 0 Å². The van der Waals surface area contributed by atoms with E-state index in [-0.39, 0.29) is 5.41 Å². The molecule has 2 saturated heterocycles. The predicted octanol–water partition coefficient (Wildman–Crippen LogP) is 2.36. The molecule has 0 amide bonds. The van der Waals surface area contributed by atoms with E-state index in [1.54, 1.807) is 7.11 Å². The smallest absolute Gasteiger partial charge is 0.136 e. The van der Waals surface area contributed by atoms with Crippen LogP contribution in [0.1, 0.15) is 19.3 Å². The molecule has 18 heavy (non-hydrogen) atoms. The third kappa shape index (κ3) is 2.96. The summed E-state index contributed by atoms with van der Waals surface area (Å²) >= 11 is 0. The average molecular weight is 264 g/mol. The van der Waals surface area contributed by atoms with E-state index >= 15 is 0 Å². The second-order valence-corrected chi connectivity index (χ2v) is 11.3. The summed E-state index contributed by atoms with van der Waals surface area (Å²) in [6, 6.07) is 0. The van der Waals surface area contributed by atoms with E-state index in [1.807, 2.05) is 0 Å². The van der Waals surface area contributed by atoms with E-state index in [1.165, 1.54) is 32.4 Å². The molecule has 2 rings (SSSR count). The largest absolute Gasteiger partial charge is 0.398 e. The van der Waals surface area contributed by atoms with E-state index in [4.69, 9.17) is 4.84 Å². The lowest BCUT2D eigenvalue weighted by atomic mass is 9.77. The van der Waals surface area contributed by atoms with Gasteiger partial charge in [0.05, 0.1) is 0 Å². The Balaban J connectivity index is 2.25. The normalized spacial score (nSPS) is 31.8.